The number of carbonyl (C=O) groups is 2. The zero-order chi connectivity index (χ0) is 13.8. The Hall–Kier alpha value is -2.46. The van der Waals surface area contributed by atoms with E-state index in [1.165, 1.54) is 6.07 Å². The monoisotopic (exact) mass is 262 g/mol. The molecule has 98 valence electrons. The standard InChI is InChI=1S/C12H11FN4O2/c13-8-1-2-9(7(3-8)4-14)17-12(19)10-5-16-11(18)6-15-10/h1-3,10,15H,5-6H2,(H,16,18)(H,17,19). The summed E-state index contributed by atoms with van der Waals surface area (Å²) in [6.45, 7) is 0.236. The minimum atomic E-state index is -0.575. The molecule has 1 aliphatic heterocycles. The van der Waals surface area contributed by atoms with Crippen molar-refractivity contribution in [2.24, 2.45) is 0 Å². The molecular weight excluding hydrogens is 251 g/mol. The first-order chi connectivity index (χ1) is 9.10. The molecule has 1 aromatic rings. The Morgan fingerprint density at radius 1 is 1.53 bits per heavy atom. The number of carbonyl (C=O) groups excluding carboxylic acids is 2. The quantitative estimate of drug-likeness (QED) is 0.683. The van der Waals surface area contributed by atoms with Crippen LogP contribution in [0.25, 0.3) is 0 Å². The zero-order valence-corrected chi connectivity index (χ0v) is 9.87. The van der Waals surface area contributed by atoms with Crippen molar-refractivity contribution >= 4 is 17.5 Å². The van der Waals surface area contributed by atoms with Gasteiger partial charge in [-0.25, -0.2) is 4.39 Å². The van der Waals surface area contributed by atoms with Gasteiger partial charge in [0.05, 0.1) is 17.8 Å². The van der Waals surface area contributed by atoms with E-state index in [1.54, 1.807) is 6.07 Å². The largest absolute Gasteiger partial charge is 0.353 e. The summed E-state index contributed by atoms with van der Waals surface area (Å²) in [5.41, 5.74) is 0.292. The van der Waals surface area contributed by atoms with E-state index in [1.807, 2.05) is 0 Å². The van der Waals surface area contributed by atoms with E-state index >= 15 is 0 Å². The summed E-state index contributed by atoms with van der Waals surface area (Å²) in [7, 11) is 0. The van der Waals surface area contributed by atoms with Crippen LogP contribution in [0.2, 0.25) is 0 Å². The molecule has 1 saturated heterocycles. The fourth-order valence-corrected chi connectivity index (χ4v) is 1.69. The third-order valence-electron chi connectivity index (χ3n) is 2.69. The zero-order valence-electron chi connectivity index (χ0n) is 9.87. The van der Waals surface area contributed by atoms with E-state index in [9.17, 15) is 14.0 Å². The average molecular weight is 262 g/mol. The molecule has 0 bridgehead atoms. The number of nitrogens with one attached hydrogen (secondary N) is 3. The highest BCUT2D eigenvalue weighted by Crippen LogP contribution is 2.16. The lowest BCUT2D eigenvalue weighted by Crippen LogP contribution is -2.56. The van der Waals surface area contributed by atoms with Crippen molar-refractivity contribution in [3.8, 4) is 6.07 Å². The number of rotatable bonds is 2. The third-order valence-corrected chi connectivity index (χ3v) is 2.69. The van der Waals surface area contributed by atoms with E-state index in [4.69, 9.17) is 5.26 Å². The predicted molar refractivity (Wildman–Crippen MR) is 64.5 cm³/mol. The van der Waals surface area contributed by atoms with E-state index in [2.05, 4.69) is 16.0 Å². The van der Waals surface area contributed by atoms with Gasteiger partial charge in [0.2, 0.25) is 11.8 Å². The molecule has 1 heterocycles. The summed E-state index contributed by atoms with van der Waals surface area (Å²) in [5.74, 6) is -1.11. The van der Waals surface area contributed by atoms with E-state index in [0.29, 0.717) is 0 Å². The van der Waals surface area contributed by atoms with Crippen LogP contribution in [-0.2, 0) is 9.59 Å². The Morgan fingerprint density at radius 2 is 2.32 bits per heavy atom. The van der Waals surface area contributed by atoms with E-state index in [0.717, 1.165) is 12.1 Å². The predicted octanol–water partition coefficient (Wildman–Crippen LogP) is -0.276. The van der Waals surface area contributed by atoms with Gasteiger partial charge in [0.25, 0.3) is 0 Å². The smallest absolute Gasteiger partial charge is 0.243 e. The first-order valence-electron chi connectivity index (χ1n) is 5.61. The summed E-state index contributed by atoms with van der Waals surface area (Å²) in [6, 6.07) is 4.77. The van der Waals surface area contributed by atoms with E-state index < -0.39 is 11.9 Å². The molecule has 1 aliphatic rings. The second-order valence-electron chi connectivity index (χ2n) is 4.03. The summed E-state index contributed by atoms with van der Waals surface area (Å²) >= 11 is 0. The lowest BCUT2D eigenvalue weighted by Gasteiger charge is -2.23. The van der Waals surface area contributed by atoms with Crippen LogP contribution in [0.15, 0.2) is 18.2 Å². The Bertz CT molecular complexity index is 557. The maximum Gasteiger partial charge on any atom is 0.243 e. The fourth-order valence-electron chi connectivity index (χ4n) is 1.69. The fraction of sp³-hybridized carbons (Fsp3) is 0.250. The maximum absolute atomic E-state index is 12.9. The van der Waals surface area contributed by atoms with Crippen molar-refractivity contribution in [3.63, 3.8) is 0 Å². The van der Waals surface area contributed by atoms with Crippen LogP contribution in [0.4, 0.5) is 10.1 Å². The second kappa shape index (κ2) is 5.46. The SMILES string of the molecule is N#Cc1cc(F)ccc1NC(=O)C1CNC(=O)CN1. The van der Waals surface area contributed by atoms with Gasteiger partial charge in [-0.05, 0) is 18.2 Å². The van der Waals surface area contributed by atoms with Gasteiger partial charge in [0, 0.05) is 6.54 Å². The number of benzene rings is 1. The number of anilines is 1. The minimum absolute atomic E-state index is 0.0493. The number of nitriles is 1. The van der Waals surface area contributed by atoms with Crippen molar-refractivity contribution in [3.05, 3.63) is 29.6 Å². The summed E-state index contributed by atoms with van der Waals surface area (Å²) in [5, 5.41) is 16.7. The lowest BCUT2D eigenvalue weighted by atomic mass is 10.1. The molecular formula is C12H11FN4O2. The number of amides is 2. The third kappa shape index (κ3) is 3.05. The summed E-state index contributed by atoms with van der Waals surface area (Å²) < 4.78 is 12.9. The van der Waals surface area contributed by atoms with Gasteiger partial charge in [0.1, 0.15) is 17.9 Å². The van der Waals surface area contributed by atoms with Crippen LogP contribution in [0, 0.1) is 17.1 Å². The van der Waals surface area contributed by atoms with Gasteiger partial charge in [0.15, 0.2) is 0 Å². The molecule has 1 aromatic carbocycles. The number of hydrogen-bond donors (Lipinski definition) is 3. The Kier molecular flexibility index (Phi) is 3.73. The number of hydrogen-bond acceptors (Lipinski definition) is 4. The molecule has 2 amide bonds. The van der Waals surface area contributed by atoms with Crippen LogP contribution < -0.4 is 16.0 Å². The highest BCUT2D eigenvalue weighted by molar-refractivity contribution is 5.97. The molecule has 0 aliphatic carbocycles. The first kappa shape index (κ1) is 13.0. The topological polar surface area (TPSA) is 94.0 Å². The molecule has 6 nitrogen and oxygen atoms in total. The van der Waals surface area contributed by atoms with Crippen molar-refractivity contribution in [2.75, 3.05) is 18.4 Å². The molecule has 1 fully saturated rings. The number of piperazine rings is 1. The van der Waals surface area contributed by atoms with Gasteiger partial charge < -0.3 is 10.6 Å². The van der Waals surface area contributed by atoms with Crippen LogP contribution in [0.1, 0.15) is 5.56 Å². The summed E-state index contributed by atoms with van der Waals surface area (Å²) in [4.78, 5) is 22.8. The maximum atomic E-state index is 12.9. The molecule has 7 heteroatoms. The van der Waals surface area contributed by atoms with Gasteiger partial charge in [-0.1, -0.05) is 0 Å². The van der Waals surface area contributed by atoms with Crippen LogP contribution >= 0.6 is 0 Å². The highest BCUT2D eigenvalue weighted by atomic mass is 19.1. The molecule has 1 unspecified atom stereocenters. The van der Waals surface area contributed by atoms with Gasteiger partial charge in [-0.3, -0.25) is 14.9 Å². The molecule has 1 atom stereocenters. The Labute approximate surface area is 108 Å². The van der Waals surface area contributed by atoms with Crippen molar-refractivity contribution in [1.82, 2.24) is 10.6 Å². The molecule has 3 N–H and O–H groups in total. The lowest BCUT2D eigenvalue weighted by molar-refractivity contribution is -0.124. The first-order valence-corrected chi connectivity index (χ1v) is 5.61. The summed E-state index contributed by atoms with van der Waals surface area (Å²) in [6.07, 6.45) is 0. The van der Waals surface area contributed by atoms with Crippen molar-refractivity contribution in [1.29, 1.82) is 5.26 Å². The van der Waals surface area contributed by atoms with Crippen molar-refractivity contribution in [2.45, 2.75) is 6.04 Å². The molecule has 19 heavy (non-hydrogen) atoms. The molecule has 0 radical (unpaired) electrons. The minimum Gasteiger partial charge on any atom is -0.353 e. The Balaban J connectivity index is 2.07. The van der Waals surface area contributed by atoms with Crippen LogP contribution in [0.3, 0.4) is 0 Å². The molecule has 0 saturated carbocycles. The van der Waals surface area contributed by atoms with Crippen LogP contribution in [-0.4, -0.2) is 30.9 Å². The molecule has 0 aromatic heterocycles. The number of halogens is 1. The van der Waals surface area contributed by atoms with Crippen LogP contribution in [0.5, 0.6) is 0 Å². The van der Waals surface area contributed by atoms with Gasteiger partial charge >= 0.3 is 0 Å². The average Bonchev–Trinajstić information content (AvgIpc) is 2.41. The van der Waals surface area contributed by atoms with E-state index in [-0.39, 0.29) is 36.2 Å². The normalized spacial score (nSPS) is 18.3. The number of nitrogens with zero attached hydrogens (tertiary/aromatic N) is 1. The second-order valence-corrected chi connectivity index (χ2v) is 4.03. The van der Waals surface area contributed by atoms with Gasteiger partial charge in [-0.15, -0.1) is 0 Å². The van der Waals surface area contributed by atoms with Crippen molar-refractivity contribution < 1.29 is 14.0 Å². The molecule has 2 rings (SSSR count). The highest BCUT2D eigenvalue weighted by Gasteiger charge is 2.24. The van der Waals surface area contributed by atoms with Gasteiger partial charge in [-0.2, -0.15) is 5.26 Å². The Morgan fingerprint density at radius 3 is 2.95 bits per heavy atom. The molecule has 0 spiro atoms.